The predicted octanol–water partition coefficient (Wildman–Crippen LogP) is 2.38. The van der Waals surface area contributed by atoms with Crippen LogP contribution in [0.1, 0.15) is 36.0 Å². The van der Waals surface area contributed by atoms with Gasteiger partial charge in [0.15, 0.2) is 0 Å². The highest BCUT2D eigenvalue weighted by Gasteiger charge is 2.40. The molecular formula is C18H22N4O3. The molecule has 5 rings (SSSR count). The van der Waals surface area contributed by atoms with Crippen LogP contribution in [0.2, 0.25) is 0 Å². The van der Waals surface area contributed by atoms with Crippen LogP contribution in [0.3, 0.4) is 0 Å². The first kappa shape index (κ1) is 16.1. The molecule has 3 fully saturated rings. The molecule has 132 valence electrons. The highest BCUT2D eigenvalue weighted by atomic mass is 16.6. The Morgan fingerprint density at radius 2 is 1.96 bits per heavy atom. The number of rotatable bonds is 4. The maximum absolute atomic E-state index is 12.6. The van der Waals surface area contributed by atoms with Crippen LogP contribution in [0.25, 0.3) is 0 Å². The lowest BCUT2D eigenvalue weighted by Gasteiger charge is -2.49. The summed E-state index contributed by atoms with van der Waals surface area (Å²) in [6.07, 6.45) is 2.44. The molecule has 25 heavy (non-hydrogen) atoms. The van der Waals surface area contributed by atoms with Gasteiger partial charge in [-0.2, -0.15) is 0 Å². The quantitative estimate of drug-likeness (QED) is 0.919. The summed E-state index contributed by atoms with van der Waals surface area (Å²) in [6.45, 7) is 6.21. The highest BCUT2D eigenvalue weighted by molar-refractivity contribution is 5.94. The van der Waals surface area contributed by atoms with Gasteiger partial charge in [0.05, 0.1) is 0 Å². The van der Waals surface area contributed by atoms with Crippen molar-refractivity contribution in [1.82, 2.24) is 20.4 Å². The summed E-state index contributed by atoms with van der Waals surface area (Å²) in [7, 11) is 0. The Morgan fingerprint density at radius 3 is 2.56 bits per heavy atom. The van der Waals surface area contributed by atoms with Crippen LogP contribution in [-0.2, 0) is 0 Å². The van der Waals surface area contributed by atoms with E-state index in [2.05, 4.69) is 27.3 Å². The highest BCUT2D eigenvalue weighted by Crippen LogP contribution is 2.32. The molecule has 7 heteroatoms. The van der Waals surface area contributed by atoms with Crippen molar-refractivity contribution in [2.24, 2.45) is 5.92 Å². The number of piperidine rings is 3. The lowest BCUT2D eigenvalue weighted by atomic mass is 9.79. The second kappa shape index (κ2) is 6.48. The molecule has 7 nitrogen and oxygen atoms in total. The average molecular weight is 342 g/mol. The summed E-state index contributed by atoms with van der Waals surface area (Å²) in [5, 5.41) is 10.7. The van der Waals surface area contributed by atoms with Gasteiger partial charge in [-0.05, 0) is 63.0 Å². The van der Waals surface area contributed by atoms with E-state index in [1.54, 1.807) is 31.2 Å². The molecule has 2 aromatic rings. The smallest absolute Gasteiger partial charge is 0.410 e. The largest absolute Gasteiger partial charge is 0.420 e. The van der Waals surface area contributed by atoms with Gasteiger partial charge in [-0.3, -0.25) is 9.69 Å². The molecule has 0 spiro atoms. The van der Waals surface area contributed by atoms with Crippen molar-refractivity contribution in [3.63, 3.8) is 0 Å². The van der Waals surface area contributed by atoms with E-state index in [0.717, 1.165) is 13.1 Å². The molecule has 1 aromatic heterocycles. The molecule has 0 aliphatic carbocycles. The molecule has 2 bridgehead atoms. The number of hydrogen-bond acceptors (Lipinski definition) is 6. The zero-order chi connectivity index (χ0) is 17.4. The van der Waals surface area contributed by atoms with E-state index in [1.807, 2.05) is 0 Å². The molecule has 0 saturated carbocycles. The molecule has 3 aliphatic rings. The van der Waals surface area contributed by atoms with Crippen LogP contribution >= 0.6 is 0 Å². The van der Waals surface area contributed by atoms with Crippen LogP contribution in [0.15, 0.2) is 28.7 Å². The Hall–Kier alpha value is -2.41. The van der Waals surface area contributed by atoms with Crippen molar-refractivity contribution in [2.45, 2.75) is 38.8 Å². The van der Waals surface area contributed by atoms with Crippen molar-refractivity contribution in [3.05, 3.63) is 35.7 Å². The zero-order valence-corrected chi connectivity index (χ0v) is 14.4. The van der Waals surface area contributed by atoms with Crippen LogP contribution in [-0.4, -0.2) is 46.2 Å². The van der Waals surface area contributed by atoms with Crippen LogP contribution in [0.5, 0.6) is 11.8 Å². The van der Waals surface area contributed by atoms with Crippen LogP contribution in [0.4, 0.5) is 0 Å². The lowest BCUT2D eigenvalue weighted by Crippen LogP contribution is -2.62. The number of carbonyl (C=O) groups is 1. The molecule has 2 unspecified atom stereocenters. The van der Waals surface area contributed by atoms with E-state index in [4.69, 9.17) is 9.15 Å². The van der Waals surface area contributed by atoms with Gasteiger partial charge < -0.3 is 14.5 Å². The Labute approximate surface area is 146 Å². The number of carbonyl (C=O) groups excluding carboxylic acids is 1. The summed E-state index contributed by atoms with van der Waals surface area (Å²) in [5.41, 5.74) is 0.623. The number of hydrogen-bond donors (Lipinski definition) is 1. The Morgan fingerprint density at radius 1 is 1.24 bits per heavy atom. The third-order valence-corrected chi connectivity index (χ3v) is 5.30. The monoisotopic (exact) mass is 342 g/mol. The molecule has 4 heterocycles. The number of aryl methyl sites for hydroxylation is 1. The van der Waals surface area contributed by atoms with Crippen molar-refractivity contribution >= 4 is 5.91 Å². The fourth-order valence-electron chi connectivity index (χ4n) is 3.87. The number of amides is 1. The van der Waals surface area contributed by atoms with Gasteiger partial charge in [-0.1, -0.05) is 5.10 Å². The van der Waals surface area contributed by atoms with Gasteiger partial charge in [0.1, 0.15) is 5.75 Å². The standard InChI is InChI=1S/C18H22N4O3/c1-11-16(13-7-9-22(11)10-8-13)19-17(23)14-3-5-15(6-4-14)25-18-21-20-12(2)24-18/h3-6,11,13,16H,7-10H2,1-2H3,(H,19,23). The van der Waals surface area contributed by atoms with E-state index in [1.165, 1.54) is 12.8 Å². The number of nitrogens with zero attached hydrogens (tertiary/aromatic N) is 3. The van der Waals surface area contributed by atoms with E-state index in [-0.39, 0.29) is 18.0 Å². The normalized spacial score (nSPS) is 27.9. The topological polar surface area (TPSA) is 80.5 Å². The van der Waals surface area contributed by atoms with Crippen molar-refractivity contribution in [2.75, 3.05) is 13.1 Å². The fraction of sp³-hybridized carbons (Fsp3) is 0.500. The molecule has 1 amide bonds. The van der Waals surface area contributed by atoms with Gasteiger partial charge in [0, 0.05) is 24.6 Å². The number of ether oxygens (including phenoxy) is 1. The molecule has 2 atom stereocenters. The first-order valence-corrected chi connectivity index (χ1v) is 8.73. The van der Waals surface area contributed by atoms with E-state index < -0.39 is 0 Å². The summed E-state index contributed by atoms with van der Waals surface area (Å²) >= 11 is 0. The lowest BCUT2D eigenvalue weighted by molar-refractivity contribution is 0.0217. The third-order valence-electron chi connectivity index (χ3n) is 5.30. The van der Waals surface area contributed by atoms with Gasteiger partial charge >= 0.3 is 6.08 Å². The third kappa shape index (κ3) is 3.24. The Kier molecular flexibility index (Phi) is 4.17. The predicted molar refractivity (Wildman–Crippen MR) is 90.6 cm³/mol. The van der Waals surface area contributed by atoms with E-state index >= 15 is 0 Å². The summed E-state index contributed by atoms with van der Waals surface area (Å²) in [5.74, 6) is 1.55. The van der Waals surface area contributed by atoms with Gasteiger partial charge in [-0.15, -0.1) is 5.10 Å². The SMILES string of the molecule is Cc1nnc(Oc2ccc(C(=O)NC3C4CCN(CC4)C3C)cc2)o1. The maximum Gasteiger partial charge on any atom is 0.420 e. The van der Waals surface area contributed by atoms with Gasteiger partial charge in [0.2, 0.25) is 5.89 Å². The van der Waals surface area contributed by atoms with Crippen molar-refractivity contribution in [3.8, 4) is 11.8 Å². The van der Waals surface area contributed by atoms with Crippen LogP contribution in [0, 0.1) is 12.8 Å². The first-order valence-electron chi connectivity index (χ1n) is 8.73. The Bertz CT molecular complexity index is 748. The molecule has 0 radical (unpaired) electrons. The molecule has 3 saturated heterocycles. The van der Waals surface area contributed by atoms with Gasteiger partial charge in [0.25, 0.3) is 5.91 Å². The fourth-order valence-corrected chi connectivity index (χ4v) is 3.87. The minimum absolute atomic E-state index is 0.0363. The van der Waals surface area contributed by atoms with E-state index in [0.29, 0.717) is 29.2 Å². The summed E-state index contributed by atoms with van der Waals surface area (Å²) < 4.78 is 10.6. The van der Waals surface area contributed by atoms with Crippen molar-refractivity contribution < 1.29 is 13.9 Å². The number of fused-ring (bicyclic) bond motifs is 3. The number of benzene rings is 1. The average Bonchev–Trinajstić information content (AvgIpc) is 3.04. The summed E-state index contributed by atoms with van der Waals surface area (Å²) in [4.78, 5) is 15.1. The van der Waals surface area contributed by atoms with Gasteiger partial charge in [-0.25, -0.2) is 0 Å². The van der Waals surface area contributed by atoms with E-state index in [9.17, 15) is 4.79 Å². The second-order valence-electron chi connectivity index (χ2n) is 6.83. The molecule has 1 N–H and O–H groups in total. The maximum atomic E-state index is 12.6. The molecular weight excluding hydrogens is 320 g/mol. The minimum atomic E-state index is -0.0363. The Balaban J connectivity index is 1.40. The zero-order valence-electron chi connectivity index (χ0n) is 14.4. The first-order chi connectivity index (χ1) is 12.1. The second-order valence-corrected chi connectivity index (χ2v) is 6.83. The number of aromatic nitrogens is 2. The minimum Gasteiger partial charge on any atom is -0.410 e. The molecule has 3 aliphatic heterocycles. The summed E-state index contributed by atoms with van der Waals surface area (Å²) in [6, 6.07) is 7.59. The molecule has 1 aromatic carbocycles. The van der Waals surface area contributed by atoms with Crippen LogP contribution < -0.4 is 10.1 Å². The van der Waals surface area contributed by atoms with Crippen molar-refractivity contribution in [1.29, 1.82) is 0 Å². The number of nitrogens with one attached hydrogen (secondary N) is 1.